The number of hydrogen-bond acceptors (Lipinski definition) is 1. The third-order valence-electron chi connectivity index (χ3n) is 1.69. The third kappa shape index (κ3) is 1.69. The fraction of sp³-hybridized carbons (Fsp3) is 0.100. The van der Waals surface area contributed by atoms with Crippen LogP contribution >= 0.6 is 0 Å². The van der Waals surface area contributed by atoms with Gasteiger partial charge in [-0.2, -0.15) is 0 Å². The molecule has 2 aromatic heterocycles. The summed E-state index contributed by atoms with van der Waals surface area (Å²) >= 11 is 0. The minimum absolute atomic E-state index is 0. The molecule has 3 heteroatoms. The highest BCUT2D eigenvalue weighted by Gasteiger charge is 2.08. The van der Waals surface area contributed by atoms with E-state index in [1.165, 1.54) is 0 Å². The van der Waals surface area contributed by atoms with E-state index >= 15 is 0 Å². The van der Waals surface area contributed by atoms with Crippen molar-refractivity contribution in [3.8, 4) is 0 Å². The molecule has 0 saturated heterocycles. The molecule has 0 bridgehead atoms. The Kier molecular flexibility index (Phi) is 2.69. The zero-order chi connectivity index (χ0) is 8.39. The zero-order valence-corrected chi connectivity index (χ0v) is 6.37. The molecule has 2 aromatic rings. The van der Waals surface area contributed by atoms with Crippen molar-refractivity contribution < 1.29 is 4.79 Å². The quantitative estimate of drug-likeness (QED) is 0.677. The van der Waals surface area contributed by atoms with Crippen LogP contribution in [-0.4, -0.2) is 15.8 Å². The van der Waals surface area contributed by atoms with E-state index in [9.17, 15) is 4.79 Å². The molecule has 2 rings (SSSR count). The molecule has 0 saturated carbocycles. The Balaban J connectivity index is 0.000000845. The third-order valence-corrected chi connectivity index (χ3v) is 1.69. The second-order valence-corrected chi connectivity index (χ2v) is 2.50. The van der Waals surface area contributed by atoms with Crippen LogP contribution in [0.2, 0.25) is 0 Å². The first-order chi connectivity index (χ1) is 5.88. The van der Waals surface area contributed by atoms with Crippen molar-refractivity contribution in [2.75, 3.05) is 0 Å². The Morgan fingerprint density at radius 3 is 1.77 bits per heavy atom. The van der Waals surface area contributed by atoms with Gasteiger partial charge < -0.3 is 9.97 Å². The molecule has 2 heterocycles. The number of carbonyl (C=O) groups is 1. The number of carbonyl (C=O) groups excluding carboxylic acids is 1. The first kappa shape index (κ1) is 9.32. The van der Waals surface area contributed by atoms with Gasteiger partial charge in [-0.15, -0.1) is 0 Å². The first-order valence-corrected chi connectivity index (χ1v) is 3.69. The molecule has 0 radical (unpaired) electrons. The van der Waals surface area contributed by atoms with Crippen LogP contribution in [0.15, 0.2) is 36.7 Å². The van der Waals surface area contributed by atoms with E-state index in [-0.39, 0.29) is 13.2 Å². The maximum absolute atomic E-state index is 11.5. The Labute approximate surface area is 76.8 Å². The van der Waals surface area contributed by atoms with Gasteiger partial charge in [0.15, 0.2) is 0 Å². The molecule has 0 amide bonds. The molecule has 13 heavy (non-hydrogen) atoms. The number of hydrogen-bond donors (Lipinski definition) is 2. The summed E-state index contributed by atoms with van der Waals surface area (Å²) in [6.45, 7) is 0. The predicted octanol–water partition coefficient (Wildman–Crippen LogP) is 2.21. The van der Waals surface area contributed by atoms with Gasteiger partial charge in [0.05, 0.1) is 11.4 Å². The van der Waals surface area contributed by atoms with Crippen molar-refractivity contribution in [2.24, 2.45) is 0 Å². The molecule has 0 spiro atoms. The van der Waals surface area contributed by atoms with Crippen molar-refractivity contribution in [2.45, 2.75) is 7.43 Å². The van der Waals surface area contributed by atoms with Crippen molar-refractivity contribution in [3.63, 3.8) is 0 Å². The lowest BCUT2D eigenvalue weighted by atomic mass is 10.2. The molecule has 68 valence electrons. The largest absolute Gasteiger partial charge is 0.358 e. The Bertz CT molecular complexity index is 323. The maximum Gasteiger partial charge on any atom is 0.225 e. The Morgan fingerprint density at radius 2 is 1.46 bits per heavy atom. The lowest BCUT2D eigenvalue weighted by Gasteiger charge is -1.92. The highest BCUT2D eigenvalue weighted by Crippen LogP contribution is 2.04. The summed E-state index contributed by atoms with van der Waals surface area (Å²) in [7, 11) is 0. The summed E-state index contributed by atoms with van der Waals surface area (Å²) in [5.41, 5.74) is 1.22. The molecule has 0 atom stereocenters. The van der Waals surface area contributed by atoms with Crippen LogP contribution in [0.1, 0.15) is 23.6 Å². The summed E-state index contributed by atoms with van der Waals surface area (Å²) in [5, 5.41) is 0. The van der Waals surface area contributed by atoms with Gasteiger partial charge in [-0.3, -0.25) is 4.79 Å². The minimum Gasteiger partial charge on any atom is -0.358 e. The maximum atomic E-state index is 11.5. The molecule has 0 aliphatic heterocycles. The van der Waals surface area contributed by atoms with Gasteiger partial charge in [0.2, 0.25) is 5.78 Å². The van der Waals surface area contributed by atoms with Gasteiger partial charge in [0, 0.05) is 12.4 Å². The molecule has 0 fully saturated rings. The van der Waals surface area contributed by atoms with Crippen molar-refractivity contribution in [1.29, 1.82) is 0 Å². The van der Waals surface area contributed by atoms with E-state index in [4.69, 9.17) is 0 Å². The van der Waals surface area contributed by atoms with E-state index in [0.29, 0.717) is 11.4 Å². The average Bonchev–Trinajstić information content (AvgIpc) is 2.77. The van der Waals surface area contributed by atoms with Crippen LogP contribution in [0.5, 0.6) is 0 Å². The molecule has 3 nitrogen and oxygen atoms in total. The second kappa shape index (κ2) is 3.76. The van der Waals surface area contributed by atoms with Gasteiger partial charge in [-0.05, 0) is 24.3 Å². The number of aromatic nitrogens is 2. The van der Waals surface area contributed by atoms with Gasteiger partial charge in [-0.25, -0.2) is 0 Å². The van der Waals surface area contributed by atoms with Gasteiger partial charge in [0.1, 0.15) is 0 Å². The van der Waals surface area contributed by atoms with Crippen molar-refractivity contribution >= 4 is 5.78 Å². The van der Waals surface area contributed by atoms with Crippen molar-refractivity contribution in [3.05, 3.63) is 48.0 Å². The molecule has 2 N–H and O–H groups in total. The van der Waals surface area contributed by atoms with Gasteiger partial charge in [0.25, 0.3) is 0 Å². The van der Waals surface area contributed by atoms with Crippen LogP contribution < -0.4 is 0 Å². The molecular formula is C10H12N2O. The summed E-state index contributed by atoms with van der Waals surface area (Å²) in [6, 6.07) is 7.11. The Morgan fingerprint density at radius 1 is 1.00 bits per heavy atom. The second-order valence-electron chi connectivity index (χ2n) is 2.50. The van der Waals surface area contributed by atoms with Crippen LogP contribution in [0.4, 0.5) is 0 Å². The minimum atomic E-state index is -0.00926. The fourth-order valence-electron chi connectivity index (χ4n) is 1.09. The van der Waals surface area contributed by atoms with E-state index in [2.05, 4.69) is 9.97 Å². The number of rotatable bonds is 2. The highest BCUT2D eigenvalue weighted by atomic mass is 16.1. The zero-order valence-electron chi connectivity index (χ0n) is 6.37. The van der Waals surface area contributed by atoms with E-state index < -0.39 is 0 Å². The number of ketones is 1. The SMILES string of the molecule is C.O=C(c1ccc[nH]1)c1ccc[nH]1. The predicted molar refractivity (Wildman–Crippen MR) is 51.7 cm³/mol. The van der Waals surface area contributed by atoms with Crippen LogP contribution in [-0.2, 0) is 0 Å². The van der Waals surface area contributed by atoms with E-state index in [1.807, 2.05) is 0 Å². The fourth-order valence-corrected chi connectivity index (χ4v) is 1.09. The van der Waals surface area contributed by atoms with E-state index in [0.717, 1.165) is 0 Å². The van der Waals surface area contributed by atoms with Gasteiger partial charge in [-0.1, -0.05) is 7.43 Å². The normalized spacial score (nSPS) is 9.23. The monoisotopic (exact) mass is 176 g/mol. The van der Waals surface area contributed by atoms with Crippen LogP contribution in [0.3, 0.4) is 0 Å². The van der Waals surface area contributed by atoms with Gasteiger partial charge >= 0.3 is 0 Å². The molecule has 0 unspecified atom stereocenters. The summed E-state index contributed by atoms with van der Waals surface area (Å²) in [4.78, 5) is 17.2. The highest BCUT2D eigenvalue weighted by molar-refractivity contribution is 6.06. The van der Waals surface area contributed by atoms with Crippen molar-refractivity contribution in [1.82, 2.24) is 9.97 Å². The van der Waals surface area contributed by atoms with E-state index in [1.54, 1.807) is 36.7 Å². The molecular weight excluding hydrogens is 164 g/mol. The van der Waals surface area contributed by atoms with Crippen LogP contribution in [0.25, 0.3) is 0 Å². The lowest BCUT2D eigenvalue weighted by molar-refractivity contribution is 0.103. The number of H-pyrrole nitrogens is 2. The lowest BCUT2D eigenvalue weighted by Crippen LogP contribution is -2.01. The first-order valence-electron chi connectivity index (χ1n) is 3.69. The standard InChI is InChI=1S/C9H8N2O.CH4/c12-9(7-3-1-5-10-7)8-4-2-6-11-8;/h1-6,10-11H;1H4. The summed E-state index contributed by atoms with van der Waals surface area (Å²) in [6.07, 6.45) is 3.46. The molecule has 0 aliphatic rings. The topological polar surface area (TPSA) is 48.6 Å². The Hall–Kier alpha value is -1.77. The molecule has 0 aliphatic carbocycles. The smallest absolute Gasteiger partial charge is 0.225 e. The van der Waals surface area contributed by atoms with Crippen LogP contribution in [0, 0.1) is 0 Å². The number of nitrogens with one attached hydrogen (secondary N) is 2. The summed E-state index contributed by atoms with van der Waals surface area (Å²) < 4.78 is 0. The average molecular weight is 176 g/mol. The molecule has 0 aromatic carbocycles. The summed E-state index contributed by atoms with van der Waals surface area (Å²) in [5.74, 6) is -0.00926. The number of aromatic amines is 2.